The SMILES string of the molecule is C=CC=CS(C)=O. The van der Waals surface area contributed by atoms with Crippen LogP contribution in [0.5, 0.6) is 0 Å². The Morgan fingerprint density at radius 1 is 1.71 bits per heavy atom. The fourth-order valence-electron chi connectivity index (χ4n) is 0.166. The van der Waals surface area contributed by atoms with Crippen LogP contribution in [0.2, 0.25) is 0 Å². The second-order valence-corrected chi connectivity index (χ2v) is 2.33. The molecule has 0 amide bonds. The van der Waals surface area contributed by atoms with Crippen molar-refractivity contribution in [3.63, 3.8) is 0 Å². The molecular weight excluding hydrogens is 108 g/mol. The molecule has 0 bridgehead atoms. The Morgan fingerprint density at radius 3 is 2.43 bits per heavy atom. The van der Waals surface area contributed by atoms with Gasteiger partial charge < -0.3 is 0 Å². The highest BCUT2D eigenvalue weighted by Crippen LogP contribution is 1.76. The summed E-state index contributed by atoms with van der Waals surface area (Å²) in [5.74, 6) is 0. The van der Waals surface area contributed by atoms with Crippen LogP contribution >= 0.6 is 0 Å². The molecule has 0 aromatic heterocycles. The Morgan fingerprint density at radius 2 is 2.29 bits per heavy atom. The van der Waals surface area contributed by atoms with Gasteiger partial charge in [-0.25, -0.2) is 0 Å². The topological polar surface area (TPSA) is 17.1 Å². The summed E-state index contributed by atoms with van der Waals surface area (Å²) >= 11 is 0. The quantitative estimate of drug-likeness (QED) is 0.493. The molecule has 0 saturated carbocycles. The zero-order chi connectivity index (χ0) is 5.70. The molecule has 1 nitrogen and oxygen atoms in total. The zero-order valence-corrected chi connectivity index (χ0v) is 5.07. The van der Waals surface area contributed by atoms with Crippen LogP contribution in [0, 0.1) is 0 Å². The van der Waals surface area contributed by atoms with Gasteiger partial charge >= 0.3 is 0 Å². The molecule has 0 aromatic carbocycles. The van der Waals surface area contributed by atoms with Crippen molar-refractivity contribution in [1.82, 2.24) is 0 Å². The summed E-state index contributed by atoms with van der Waals surface area (Å²) in [6.45, 7) is 3.41. The zero-order valence-electron chi connectivity index (χ0n) is 4.26. The third kappa shape index (κ3) is 5.63. The maximum atomic E-state index is 10.2. The van der Waals surface area contributed by atoms with Gasteiger partial charge in [0.25, 0.3) is 0 Å². The standard InChI is InChI=1S/C5H8OS/c1-3-4-5-7(2)6/h3-5H,1H2,2H3. The fourth-order valence-corrected chi connectivity index (χ4v) is 0.499. The van der Waals surface area contributed by atoms with Crippen molar-refractivity contribution >= 4 is 10.8 Å². The highest BCUT2D eigenvalue weighted by Gasteiger charge is 1.70. The highest BCUT2D eigenvalue weighted by atomic mass is 32.2. The molecule has 0 heterocycles. The van der Waals surface area contributed by atoms with Crippen LogP contribution < -0.4 is 0 Å². The third-order valence-corrected chi connectivity index (χ3v) is 0.947. The summed E-state index contributed by atoms with van der Waals surface area (Å²) in [5, 5.41) is 1.58. The molecule has 0 aliphatic heterocycles. The molecule has 0 saturated heterocycles. The van der Waals surface area contributed by atoms with Gasteiger partial charge in [-0.15, -0.1) is 0 Å². The molecule has 1 atom stereocenters. The normalized spacial score (nSPS) is 14.4. The second kappa shape index (κ2) is 3.81. The van der Waals surface area contributed by atoms with Crippen LogP contribution in [0.3, 0.4) is 0 Å². The lowest BCUT2D eigenvalue weighted by Gasteiger charge is -1.72. The van der Waals surface area contributed by atoms with E-state index in [0.29, 0.717) is 0 Å². The summed E-state index contributed by atoms with van der Waals surface area (Å²) in [6.07, 6.45) is 4.87. The third-order valence-electron chi connectivity index (χ3n) is 0.406. The minimum absolute atomic E-state index is 0.817. The van der Waals surface area contributed by atoms with E-state index in [1.54, 1.807) is 23.8 Å². The summed E-state index contributed by atoms with van der Waals surface area (Å²) in [4.78, 5) is 0. The van der Waals surface area contributed by atoms with Crippen molar-refractivity contribution in [2.75, 3.05) is 6.26 Å². The van der Waals surface area contributed by atoms with Gasteiger partial charge in [0.1, 0.15) is 0 Å². The highest BCUT2D eigenvalue weighted by molar-refractivity contribution is 7.87. The van der Waals surface area contributed by atoms with Gasteiger partial charge in [0, 0.05) is 22.5 Å². The molecule has 0 N–H and O–H groups in total. The van der Waals surface area contributed by atoms with Gasteiger partial charge in [0.2, 0.25) is 0 Å². The summed E-state index contributed by atoms with van der Waals surface area (Å²) < 4.78 is 10.2. The van der Waals surface area contributed by atoms with Crippen LogP contribution in [0.4, 0.5) is 0 Å². The van der Waals surface area contributed by atoms with E-state index in [9.17, 15) is 4.21 Å². The van der Waals surface area contributed by atoms with E-state index in [0.717, 1.165) is 0 Å². The molecule has 0 spiro atoms. The van der Waals surface area contributed by atoms with Gasteiger partial charge in [0.15, 0.2) is 0 Å². The van der Waals surface area contributed by atoms with E-state index in [1.165, 1.54) is 0 Å². The molecular formula is C5H8OS. The molecule has 0 aromatic rings. The molecule has 1 unspecified atom stereocenters. The average Bonchev–Trinajstić information content (AvgIpc) is 1.61. The Bertz CT molecular complexity index is 105. The first-order valence-electron chi connectivity index (χ1n) is 1.89. The minimum atomic E-state index is -0.817. The van der Waals surface area contributed by atoms with E-state index >= 15 is 0 Å². The van der Waals surface area contributed by atoms with E-state index in [-0.39, 0.29) is 0 Å². The van der Waals surface area contributed by atoms with E-state index < -0.39 is 10.8 Å². The van der Waals surface area contributed by atoms with E-state index in [2.05, 4.69) is 6.58 Å². The predicted octanol–water partition coefficient (Wildman–Crippen LogP) is 1.06. The number of hydrogen-bond donors (Lipinski definition) is 0. The van der Waals surface area contributed by atoms with Crippen LogP contribution in [-0.4, -0.2) is 10.5 Å². The average molecular weight is 116 g/mol. The lowest BCUT2D eigenvalue weighted by molar-refractivity contribution is 0.691. The molecule has 0 aliphatic carbocycles. The van der Waals surface area contributed by atoms with Gasteiger partial charge in [-0.3, -0.25) is 4.21 Å². The van der Waals surface area contributed by atoms with Crippen molar-refractivity contribution in [1.29, 1.82) is 0 Å². The maximum Gasteiger partial charge on any atom is 0.0424 e. The second-order valence-electron chi connectivity index (χ2n) is 1.06. The molecule has 7 heavy (non-hydrogen) atoms. The molecule has 0 radical (unpaired) electrons. The van der Waals surface area contributed by atoms with Gasteiger partial charge in [-0.1, -0.05) is 18.7 Å². The van der Waals surface area contributed by atoms with E-state index in [1.807, 2.05) is 0 Å². The Labute approximate surface area is 46.2 Å². The Hall–Kier alpha value is -0.370. The Balaban J connectivity index is 3.46. The monoisotopic (exact) mass is 116 g/mol. The number of rotatable bonds is 2. The summed E-state index contributed by atoms with van der Waals surface area (Å²) in [5.41, 5.74) is 0. The first-order valence-corrected chi connectivity index (χ1v) is 3.51. The largest absolute Gasteiger partial charge is 0.255 e. The fraction of sp³-hybridized carbons (Fsp3) is 0.200. The minimum Gasteiger partial charge on any atom is -0.255 e. The van der Waals surface area contributed by atoms with E-state index in [4.69, 9.17) is 0 Å². The molecule has 0 rings (SSSR count). The smallest absolute Gasteiger partial charge is 0.0424 e. The van der Waals surface area contributed by atoms with Crippen LogP contribution in [-0.2, 0) is 10.8 Å². The van der Waals surface area contributed by atoms with Crippen molar-refractivity contribution < 1.29 is 4.21 Å². The van der Waals surface area contributed by atoms with Crippen molar-refractivity contribution in [2.24, 2.45) is 0 Å². The lowest BCUT2D eigenvalue weighted by atomic mass is 10.6. The van der Waals surface area contributed by atoms with Crippen molar-refractivity contribution in [2.45, 2.75) is 0 Å². The number of allylic oxidation sites excluding steroid dienone is 2. The van der Waals surface area contributed by atoms with Crippen LogP contribution in [0.1, 0.15) is 0 Å². The first kappa shape index (κ1) is 6.63. The molecule has 0 fully saturated rings. The number of hydrogen-bond acceptors (Lipinski definition) is 1. The lowest BCUT2D eigenvalue weighted by Crippen LogP contribution is -1.71. The molecule has 2 heteroatoms. The molecule has 40 valence electrons. The maximum absolute atomic E-state index is 10.2. The van der Waals surface area contributed by atoms with Crippen LogP contribution in [0.25, 0.3) is 0 Å². The van der Waals surface area contributed by atoms with Gasteiger partial charge in [0.05, 0.1) is 0 Å². The van der Waals surface area contributed by atoms with Gasteiger partial charge in [-0.2, -0.15) is 0 Å². The summed E-state index contributed by atoms with van der Waals surface area (Å²) in [7, 11) is -0.817. The first-order chi connectivity index (χ1) is 3.27. The van der Waals surface area contributed by atoms with Crippen molar-refractivity contribution in [3.8, 4) is 0 Å². The summed E-state index contributed by atoms with van der Waals surface area (Å²) in [6, 6.07) is 0. The Kier molecular flexibility index (Phi) is 3.61. The predicted molar refractivity (Wildman–Crippen MR) is 33.4 cm³/mol. The van der Waals surface area contributed by atoms with Crippen LogP contribution in [0.15, 0.2) is 24.1 Å². The molecule has 0 aliphatic rings. The van der Waals surface area contributed by atoms with Crippen molar-refractivity contribution in [3.05, 3.63) is 24.1 Å². The van der Waals surface area contributed by atoms with Gasteiger partial charge in [-0.05, 0) is 0 Å².